The van der Waals surface area contributed by atoms with Crippen molar-refractivity contribution in [2.24, 2.45) is 0 Å². The number of hydrogen-bond donors (Lipinski definition) is 0. The Balaban J connectivity index is 1.65. The quantitative estimate of drug-likeness (QED) is 0.618. The standard InChI is InChI=1S/C21H20N2O/c22-16-18-6-4-17(5-7-18)8-13-21(24)19-9-11-20(12-10-19)23-14-2-1-3-15-23/h4-13H,1-3,14-15H2. The average molecular weight is 316 g/mol. The van der Waals surface area contributed by atoms with E-state index >= 15 is 0 Å². The van der Waals surface area contributed by atoms with E-state index in [1.807, 2.05) is 36.4 Å². The molecule has 0 unspecified atom stereocenters. The number of nitrogens with zero attached hydrogens (tertiary/aromatic N) is 2. The van der Waals surface area contributed by atoms with E-state index in [9.17, 15) is 4.79 Å². The lowest BCUT2D eigenvalue weighted by atomic mass is 10.1. The van der Waals surface area contributed by atoms with Gasteiger partial charge in [0.25, 0.3) is 0 Å². The second kappa shape index (κ2) is 7.61. The van der Waals surface area contributed by atoms with Crippen LogP contribution < -0.4 is 4.90 Å². The summed E-state index contributed by atoms with van der Waals surface area (Å²) in [4.78, 5) is 14.7. The maximum Gasteiger partial charge on any atom is 0.185 e. The maximum absolute atomic E-state index is 12.3. The van der Waals surface area contributed by atoms with Gasteiger partial charge < -0.3 is 4.90 Å². The lowest BCUT2D eigenvalue weighted by Gasteiger charge is -2.28. The number of rotatable bonds is 4. The molecule has 1 saturated heterocycles. The van der Waals surface area contributed by atoms with Crippen molar-refractivity contribution in [3.63, 3.8) is 0 Å². The van der Waals surface area contributed by atoms with E-state index in [-0.39, 0.29) is 5.78 Å². The molecule has 1 fully saturated rings. The van der Waals surface area contributed by atoms with Crippen LogP contribution in [-0.2, 0) is 0 Å². The second-order valence-corrected chi connectivity index (χ2v) is 6.03. The fraction of sp³-hybridized carbons (Fsp3) is 0.238. The molecule has 3 nitrogen and oxygen atoms in total. The molecule has 0 radical (unpaired) electrons. The van der Waals surface area contributed by atoms with E-state index in [0.29, 0.717) is 11.1 Å². The van der Waals surface area contributed by atoms with E-state index in [1.165, 1.54) is 24.9 Å². The molecule has 2 aromatic rings. The smallest absolute Gasteiger partial charge is 0.185 e. The highest BCUT2D eigenvalue weighted by Crippen LogP contribution is 2.20. The molecule has 0 atom stereocenters. The highest BCUT2D eigenvalue weighted by Gasteiger charge is 2.11. The molecular weight excluding hydrogens is 296 g/mol. The van der Waals surface area contributed by atoms with Crippen LogP contribution in [0.25, 0.3) is 6.08 Å². The Kier molecular flexibility index (Phi) is 5.08. The fourth-order valence-electron chi connectivity index (χ4n) is 2.93. The molecule has 3 rings (SSSR count). The van der Waals surface area contributed by atoms with Gasteiger partial charge in [0.15, 0.2) is 5.78 Å². The Morgan fingerprint density at radius 3 is 2.25 bits per heavy atom. The Bertz CT molecular complexity index is 761. The van der Waals surface area contributed by atoms with Crippen LogP contribution in [0.2, 0.25) is 0 Å². The van der Waals surface area contributed by atoms with Gasteiger partial charge in [-0.05, 0) is 67.3 Å². The van der Waals surface area contributed by atoms with E-state index in [0.717, 1.165) is 18.7 Å². The predicted molar refractivity (Wildman–Crippen MR) is 97.0 cm³/mol. The van der Waals surface area contributed by atoms with Gasteiger partial charge >= 0.3 is 0 Å². The largest absolute Gasteiger partial charge is 0.372 e. The molecule has 0 aromatic heterocycles. The van der Waals surface area contributed by atoms with Gasteiger partial charge in [-0.2, -0.15) is 5.26 Å². The highest BCUT2D eigenvalue weighted by atomic mass is 16.1. The Morgan fingerprint density at radius 1 is 0.958 bits per heavy atom. The first-order valence-corrected chi connectivity index (χ1v) is 8.34. The summed E-state index contributed by atoms with van der Waals surface area (Å²) in [5, 5.41) is 8.79. The number of ketones is 1. The average Bonchev–Trinajstić information content (AvgIpc) is 2.67. The molecule has 1 aliphatic rings. The molecule has 0 spiro atoms. The lowest BCUT2D eigenvalue weighted by molar-refractivity contribution is 0.104. The van der Waals surface area contributed by atoms with Crippen molar-refractivity contribution in [3.05, 3.63) is 71.3 Å². The van der Waals surface area contributed by atoms with Crippen LogP contribution in [0.1, 0.15) is 40.7 Å². The summed E-state index contributed by atoms with van der Waals surface area (Å²) in [6, 6.07) is 17.1. The molecule has 0 amide bonds. The molecule has 3 heteroatoms. The summed E-state index contributed by atoms with van der Waals surface area (Å²) in [6.45, 7) is 2.21. The number of anilines is 1. The van der Waals surface area contributed by atoms with Gasteiger partial charge in [-0.25, -0.2) is 0 Å². The number of allylic oxidation sites excluding steroid dienone is 1. The van der Waals surface area contributed by atoms with Crippen LogP contribution in [0.5, 0.6) is 0 Å². The second-order valence-electron chi connectivity index (χ2n) is 6.03. The van der Waals surface area contributed by atoms with Crippen LogP contribution in [0, 0.1) is 11.3 Å². The van der Waals surface area contributed by atoms with Gasteiger partial charge in [-0.1, -0.05) is 18.2 Å². The van der Waals surface area contributed by atoms with Gasteiger partial charge in [-0.15, -0.1) is 0 Å². The van der Waals surface area contributed by atoms with E-state index < -0.39 is 0 Å². The monoisotopic (exact) mass is 316 g/mol. The first-order valence-electron chi connectivity index (χ1n) is 8.34. The molecule has 24 heavy (non-hydrogen) atoms. The van der Waals surface area contributed by atoms with Crippen LogP contribution in [0.3, 0.4) is 0 Å². The van der Waals surface area contributed by atoms with Crippen molar-refractivity contribution >= 4 is 17.5 Å². The topological polar surface area (TPSA) is 44.1 Å². The van der Waals surface area contributed by atoms with Crippen molar-refractivity contribution in [1.82, 2.24) is 0 Å². The Morgan fingerprint density at radius 2 is 1.62 bits per heavy atom. The number of benzene rings is 2. The number of carbonyl (C=O) groups is 1. The van der Waals surface area contributed by atoms with E-state index in [1.54, 1.807) is 24.3 Å². The summed E-state index contributed by atoms with van der Waals surface area (Å²) in [5.41, 5.74) is 3.42. The zero-order chi connectivity index (χ0) is 16.8. The molecule has 0 saturated carbocycles. The maximum atomic E-state index is 12.3. The zero-order valence-corrected chi connectivity index (χ0v) is 13.6. The molecule has 0 bridgehead atoms. The number of carbonyl (C=O) groups excluding carboxylic acids is 1. The normalized spacial score (nSPS) is 14.5. The summed E-state index contributed by atoms with van der Waals surface area (Å²) < 4.78 is 0. The van der Waals surface area contributed by atoms with Gasteiger partial charge in [0.05, 0.1) is 11.6 Å². The minimum atomic E-state index is -0.00967. The molecule has 0 N–H and O–H groups in total. The predicted octanol–water partition coefficient (Wildman–Crippen LogP) is 4.44. The SMILES string of the molecule is N#Cc1ccc(C=CC(=O)c2ccc(N3CCCCC3)cc2)cc1. The molecule has 2 aromatic carbocycles. The van der Waals surface area contributed by atoms with Crippen molar-refractivity contribution in [1.29, 1.82) is 5.26 Å². The van der Waals surface area contributed by atoms with Crippen molar-refractivity contribution < 1.29 is 4.79 Å². The van der Waals surface area contributed by atoms with Crippen molar-refractivity contribution in [2.45, 2.75) is 19.3 Å². The van der Waals surface area contributed by atoms with E-state index in [2.05, 4.69) is 11.0 Å². The molecule has 0 aliphatic carbocycles. The highest BCUT2D eigenvalue weighted by molar-refractivity contribution is 6.06. The van der Waals surface area contributed by atoms with Crippen LogP contribution in [0.15, 0.2) is 54.6 Å². The van der Waals surface area contributed by atoms with Crippen LogP contribution in [0.4, 0.5) is 5.69 Å². The van der Waals surface area contributed by atoms with E-state index in [4.69, 9.17) is 5.26 Å². The minimum Gasteiger partial charge on any atom is -0.372 e. The third-order valence-electron chi connectivity index (χ3n) is 4.34. The Hall–Kier alpha value is -2.86. The summed E-state index contributed by atoms with van der Waals surface area (Å²) in [7, 11) is 0. The Labute approximate surface area is 142 Å². The fourth-order valence-corrected chi connectivity index (χ4v) is 2.93. The summed E-state index contributed by atoms with van der Waals surface area (Å²) in [6.07, 6.45) is 7.16. The van der Waals surface area contributed by atoms with Crippen LogP contribution >= 0.6 is 0 Å². The van der Waals surface area contributed by atoms with Gasteiger partial charge in [0.1, 0.15) is 0 Å². The molecule has 120 valence electrons. The van der Waals surface area contributed by atoms with Crippen LogP contribution in [-0.4, -0.2) is 18.9 Å². The molecule has 1 aliphatic heterocycles. The van der Waals surface area contributed by atoms with Gasteiger partial charge in [0.2, 0.25) is 0 Å². The lowest BCUT2D eigenvalue weighted by Crippen LogP contribution is -2.29. The molecule has 1 heterocycles. The molecular formula is C21H20N2O. The first-order chi connectivity index (χ1) is 11.8. The number of hydrogen-bond acceptors (Lipinski definition) is 3. The van der Waals surface area contributed by atoms with Gasteiger partial charge in [0, 0.05) is 24.3 Å². The summed E-state index contributed by atoms with van der Waals surface area (Å²) in [5.74, 6) is -0.00967. The zero-order valence-electron chi connectivity index (χ0n) is 13.6. The summed E-state index contributed by atoms with van der Waals surface area (Å²) >= 11 is 0. The first kappa shape index (κ1) is 16.0. The minimum absolute atomic E-state index is 0.00967. The number of piperidine rings is 1. The van der Waals surface area contributed by atoms with Crippen molar-refractivity contribution in [2.75, 3.05) is 18.0 Å². The number of nitriles is 1. The third-order valence-corrected chi connectivity index (χ3v) is 4.34. The third kappa shape index (κ3) is 3.91. The van der Waals surface area contributed by atoms with Gasteiger partial charge in [-0.3, -0.25) is 4.79 Å². The van der Waals surface area contributed by atoms with Crippen molar-refractivity contribution in [3.8, 4) is 6.07 Å².